The van der Waals surface area contributed by atoms with E-state index >= 15 is 0 Å². The molecule has 16 heteroatoms. The monoisotopic (exact) mass is 614 g/mol. The summed E-state index contributed by atoms with van der Waals surface area (Å²) in [5.74, 6) is 0. The van der Waals surface area contributed by atoms with Crippen molar-refractivity contribution < 1.29 is 55.5 Å². The largest absolute Gasteiger partial charge is 1.00 e. The van der Waals surface area contributed by atoms with E-state index in [4.69, 9.17) is 9.97 Å². The van der Waals surface area contributed by atoms with Crippen molar-refractivity contribution in [3.63, 3.8) is 0 Å². The summed E-state index contributed by atoms with van der Waals surface area (Å²) < 4.78 is 42.7. The first-order valence-corrected chi connectivity index (χ1v) is 14.2. The quantitative estimate of drug-likeness (QED) is 0.204. The van der Waals surface area contributed by atoms with E-state index < -0.39 is 7.25 Å². The number of aromatic nitrogens is 2. The number of pyridine rings is 2. The third-order valence-electron chi connectivity index (χ3n) is 7.49. The molecule has 0 spiro atoms. The normalized spacial score (nSPS) is 18.9. The van der Waals surface area contributed by atoms with Gasteiger partial charge in [0.1, 0.15) is 52.9 Å². The molecule has 0 aliphatic carbocycles. The van der Waals surface area contributed by atoms with Gasteiger partial charge in [-0.2, -0.15) is 0 Å². The molecule has 0 amide bonds. The van der Waals surface area contributed by atoms with E-state index in [1.165, 1.54) is 0 Å². The summed E-state index contributed by atoms with van der Waals surface area (Å²) in [6.07, 6.45) is 0. The first kappa shape index (κ1) is 35.6. The Bertz CT molecular complexity index is 1290. The van der Waals surface area contributed by atoms with Crippen LogP contribution in [0, 0.1) is 0 Å². The maximum Gasteiger partial charge on any atom is 1.00 e. The third kappa shape index (κ3) is 9.57. The Morgan fingerprint density at radius 1 is 0.659 bits per heavy atom. The van der Waals surface area contributed by atoms with Gasteiger partial charge in [-0.1, -0.05) is 12.1 Å². The number of rotatable bonds is 0. The Hall–Kier alpha value is -2.86. The van der Waals surface area contributed by atoms with Gasteiger partial charge < -0.3 is 27.5 Å². The summed E-state index contributed by atoms with van der Waals surface area (Å²) in [4.78, 5) is 18.1. The predicted molar refractivity (Wildman–Crippen MR) is 150 cm³/mol. The van der Waals surface area contributed by atoms with Crippen LogP contribution in [0.3, 0.4) is 0 Å². The summed E-state index contributed by atoms with van der Waals surface area (Å²) in [5.41, 5.74) is 3.03. The molecule has 236 valence electrons. The van der Waals surface area contributed by atoms with Gasteiger partial charge in [0.15, 0.2) is 0 Å². The maximum absolute atomic E-state index is 13.6. The second-order valence-electron chi connectivity index (χ2n) is 13.1. The number of hydrogen-bond acceptors (Lipinski definition) is 8. The van der Waals surface area contributed by atoms with E-state index in [1.807, 2.05) is 55.3 Å². The van der Waals surface area contributed by atoms with E-state index in [0.29, 0.717) is 52.9 Å². The van der Waals surface area contributed by atoms with Crippen molar-refractivity contribution in [3.8, 4) is 0 Å². The number of hydrogen-bond donors (Lipinski definition) is 0. The maximum atomic E-state index is 13.6. The molecule has 0 unspecified atom stereocenters. The molecule has 0 fully saturated rings. The molecule has 0 radical (unpaired) electrons. The second-order valence-corrected chi connectivity index (χ2v) is 13.1. The number of nitrogens with zero attached hydrogens (tertiary/aromatic N) is 8. The van der Waals surface area contributed by atoms with E-state index in [9.17, 15) is 27.5 Å². The van der Waals surface area contributed by atoms with Crippen LogP contribution in [0.4, 0.5) is 17.3 Å². The molecule has 2 aromatic heterocycles. The van der Waals surface area contributed by atoms with Gasteiger partial charge in [-0.05, 0) is 65.8 Å². The minimum Gasteiger partial charge on any atom is -0.810 e. The minimum absolute atomic E-state index is 0. The van der Waals surface area contributed by atoms with Gasteiger partial charge >= 0.3 is 26.1 Å². The van der Waals surface area contributed by atoms with Gasteiger partial charge in [0, 0.05) is 11.1 Å². The molecule has 3 aliphatic rings. The molecule has 0 saturated carbocycles. The SMILES string of the molecule is CC(C)(C)N1CN2Cc3cccc(n3)CN3CN(C(C)(C)C)C[N+](=C3[O-])Cc3cccc(n3)C[N+](=C2[O-])C1.F[B-](F)(F)F.[Li+]. The second kappa shape index (κ2) is 13.6. The van der Waals surface area contributed by atoms with E-state index in [-0.39, 0.29) is 42.0 Å². The van der Waals surface area contributed by atoms with E-state index in [2.05, 4.69) is 51.3 Å². The molecule has 5 heterocycles. The van der Waals surface area contributed by atoms with Crippen molar-refractivity contribution in [2.45, 2.75) is 78.8 Å². The number of amidine groups is 2. The molecule has 3 aliphatic heterocycles. The summed E-state index contributed by atoms with van der Waals surface area (Å²) >= 11 is 0. The average Bonchev–Trinajstić information content (AvgIpc) is 2.86. The molecule has 0 aromatic carbocycles. The fraction of sp³-hybridized carbons (Fsp3) is 0.571. The molecule has 5 rings (SSSR count). The van der Waals surface area contributed by atoms with Crippen LogP contribution in [0.15, 0.2) is 36.4 Å². The summed E-state index contributed by atoms with van der Waals surface area (Å²) in [7, 11) is -6.00. The third-order valence-corrected chi connectivity index (χ3v) is 7.49. The van der Waals surface area contributed by atoms with Gasteiger partial charge in [0.2, 0.25) is 12.0 Å². The van der Waals surface area contributed by atoms with Crippen LogP contribution >= 0.6 is 0 Å². The molecule has 44 heavy (non-hydrogen) atoms. The van der Waals surface area contributed by atoms with Crippen LogP contribution in [-0.4, -0.2) is 95.8 Å². The zero-order valence-corrected chi connectivity index (χ0v) is 26.6. The predicted octanol–water partition coefficient (Wildman–Crippen LogP) is -1.39. The standard InChI is InChI=1S/C28H40N8O2.BF4.Li/c1-27(2,3)35-17-31-13-21-9-7-11-23(29-21)15-33-19-36(28(4,5)6)20-34(26(33)38)16-24-12-8-10-22(30-24)14-32(18-35)25(31)37;2-1(3,4)5;/h7-12H,13-20H2,1-6H3;;/q;-1;+1. The Labute approximate surface area is 268 Å². The summed E-state index contributed by atoms with van der Waals surface area (Å²) in [6, 6.07) is 11.7. The van der Waals surface area contributed by atoms with E-state index in [0.717, 1.165) is 22.8 Å². The topological polar surface area (TPSA) is 90.9 Å². The Kier molecular flexibility index (Phi) is 11.0. The molecule has 0 saturated heterocycles. The van der Waals surface area contributed by atoms with Crippen LogP contribution in [0.25, 0.3) is 0 Å². The fourth-order valence-electron chi connectivity index (χ4n) is 5.07. The molecule has 10 nitrogen and oxygen atoms in total. The van der Waals surface area contributed by atoms with Crippen molar-refractivity contribution >= 4 is 19.3 Å². The van der Waals surface area contributed by atoms with Gasteiger partial charge in [0.25, 0.3) is 0 Å². The number of fused-ring (bicyclic) bond motifs is 6. The minimum atomic E-state index is -6.00. The van der Waals surface area contributed by atoms with Crippen molar-refractivity contribution in [1.29, 1.82) is 0 Å². The van der Waals surface area contributed by atoms with Crippen LogP contribution in [-0.2, 0) is 26.2 Å². The zero-order chi connectivity index (χ0) is 31.7. The van der Waals surface area contributed by atoms with Crippen LogP contribution < -0.4 is 29.1 Å². The van der Waals surface area contributed by atoms with Crippen LogP contribution in [0.1, 0.15) is 64.3 Å². The molecule has 0 atom stereocenters. The first-order chi connectivity index (χ1) is 19.9. The Morgan fingerprint density at radius 3 is 1.32 bits per heavy atom. The molecule has 2 aromatic rings. The van der Waals surface area contributed by atoms with Crippen molar-refractivity contribution in [1.82, 2.24) is 29.6 Å². The number of halogens is 4. The molecule has 8 bridgehead atoms. The summed E-state index contributed by atoms with van der Waals surface area (Å²) in [6.45, 7) is 16.7. The fourth-order valence-corrected chi connectivity index (χ4v) is 5.07. The molecular formula is C28H40BF4LiN8O2. The molecule has 0 N–H and O–H groups in total. The zero-order valence-electron chi connectivity index (χ0n) is 26.6. The first-order valence-electron chi connectivity index (χ1n) is 14.2. The Morgan fingerprint density at radius 2 is 0.977 bits per heavy atom. The van der Waals surface area contributed by atoms with Crippen molar-refractivity contribution in [2.75, 3.05) is 26.7 Å². The molecular weight excluding hydrogens is 574 g/mol. The van der Waals surface area contributed by atoms with Crippen LogP contribution in [0.5, 0.6) is 0 Å². The van der Waals surface area contributed by atoms with Gasteiger partial charge in [-0.3, -0.25) is 19.0 Å². The van der Waals surface area contributed by atoms with Gasteiger partial charge in [0.05, 0.1) is 22.8 Å². The van der Waals surface area contributed by atoms with E-state index in [1.54, 1.807) is 0 Å². The van der Waals surface area contributed by atoms with Crippen molar-refractivity contribution in [3.05, 3.63) is 59.2 Å². The van der Waals surface area contributed by atoms with Crippen LogP contribution in [0.2, 0.25) is 0 Å². The van der Waals surface area contributed by atoms with Crippen molar-refractivity contribution in [2.24, 2.45) is 0 Å². The summed E-state index contributed by atoms with van der Waals surface area (Å²) in [5, 5.41) is 27.2. The van der Waals surface area contributed by atoms with Gasteiger partial charge in [-0.15, -0.1) is 0 Å². The average molecular weight is 614 g/mol. The Balaban J connectivity index is 0.000000817. The smallest absolute Gasteiger partial charge is 0.810 e. The van der Waals surface area contributed by atoms with Gasteiger partial charge in [-0.25, -0.2) is 19.8 Å².